The highest BCUT2D eigenvalue weighted by Crippen LogP contribution is 2.27. The largest absolute Gasteiger partial charge is 0.337 e. The number of amides is 1. The second-order valence-electron chi connectivity index (χ2n) is 6.82. The molecule has 5 nitrogen and oxygen atoms in total. The third kappa shape index (κ3) is 4.37. The molecular weight excluding hydrogens is 375 g/mol. The van der Waals surface area contributed by atoms with Gasteiger partial charge in [0.15, 0.2) is 11.7 Å². The quantitative estimate of drug-likeness (QED) is 0.695. The first-order valence-corrected chi connectivity index (χ1v) is 10.2. The lowest BCUT2D eigenvalue weighted by molar-refractivity contribution is -0.892. The van der Waals surface area contributed by atoms with E-state index in [1.807, 2.05) is 18.2 Å². The predicted molar refractivity (Wildman–Crippen MR) is 110 cm³/mol. The van der Waals surface area contributed by atoms with E-state index >= 15 is 0 Å². The summed E-state index contributed by atoms with van der Waals surface area (Å²) in [6, 6.07) is 16.4. The van der Waals surface area contributed by atoms with Crippen molar-refractivity contribution in [2.45, 2.75) is 0 Å². The number of quaternary nitrogens is 1. The number of nitrogens with zero attached hydrogens (tertiary/aromatic N) is 2. The van der Waals surface area contributed by atoms with E-state index in [1.54, 1.807) is 29.5 Å². The molecule has 0 bridgehead atoms. The van der Waals surface area contributed by atoms with Crippen LogP contribution in [-0.4, -0.2) is 43.6 Å². The highest BCUT2D eigenvalue weighted by atomic mass is 32.1. The number of carbonyl (C=O) groups excluding carboxylic acids is 1. The fourth-order valence-corrected chi connectivity index (χ4v) is 4.21. The van der Waals surface area contributed by atoms with E-state index in [4.69, 9.17) is 4.98 Å². The minimum atomic E-state index is -0.409. The number of thiazole rings is 1. The molecular formula is C21H22FN4OS+. The van der Waals surface area contributed by atoms with Crippen LogP contribution in [0.2, 0.25) is 0 Å². The number of halogens is 1. The zero-order chi connectivity index (χ0) is 19.3. The Kier molecular flexibility index (Phi) is 5.64. The first-order valence-electron chi connectivity index (χ1n) is 9.33. The Balaban J connectivity index is 1.30. The highest BCUT2D eigenvalue weighted by molar-refractivity contribution is 7.14. The SMILES string of the molecule is O=C(C[NH+]1CCN(c2nc(-c3ccccc3)cs2)CC1)Nc1ccccc1F. The van der Waals surface area contributed by atoms with Gasteiger partial charge in [-0.1, -0.05) is 42.5 Å². The maximum atomic E-state index is 13.7. The lowest BCUT2D eigenvalue weighted by Crippen LogP contribution is -3.15. The number of carbonyl (C=O) groups is 1. The van der Waals surface area contributed by atoms with Gasteiger partial charge < -0.3 is 15.1 Å². The second kappa shape index (κ2) is 8.50. The molecule has 0 atom stereocenters. The fourth-order valence-electron chi connectivity index (χ4n) is 3.33. The number of benzene rings is 2. The molecule has 3 aromatic rings. The molecule has 1 aliphatic rings. The van der Waals surface area contributed by atoms with E-state index < -0.39 is 5.82 Å². The van der Waals surface area contributed by atoms with Gasteiger partial charge in [0.1, 0.15) is 5.82 Å². The first-order chi connectivity index (χ1) is 13.7. The molecule has 0 spiro atoms. The Bertz CT molecular complexity index is 938. The third-order valence-corrected chi connectivity index (χ3v) is 5.76. The number of hydrogen-bond donors (Lipinski definition) is 2. The first kappa shape index (κ1) is 18.6. The van der Waals surface area contributed by atoms with Crippen molar-refractivity contribution in [1.29, 1.82) is 0 Å². The number of anilines is 2. The van der Waals surface area contributed by atoms with Crippen molar-refractivity contribution in [3.05, 3.63) is 65.8 Å². The molecule has 1 amide bonds. The summed E-state index contributed by atoms with van der Waals surface area (Å²) >= 11 is 1.65. The van der Waals surface area contributed by atoms with Crippen LogP contribution in [0.4, 0.5) is 15.2 Å². The van der Waals surface area contributed by atoms with Crippen molar-refractivity contribution >= 4 is 28.1 Å². The van der Waals surface area contributed by atoms with Crippen LogP contribution in [0.3, 0.4) is 0 Å². The lowest BCUT2D eigenvalue weighted by Gasteiger charge is -2.31. The zero-order valence-corrected chi connectivity index (χ0v) is 16.2. The van der Waals surface area contributed by atoms with E-state index in [2.05, 4.69) is 27.7 Å². The van der Waals surface area contributed by atoms with Crippen molar-refractivity contribution in [2.24, 2.45) is 0 Å². The van der Waals surface area contributed by atoms with Gasteiger partial charge in [0, 0.05) is 10.9 Å². The molecule has 2 aromatic carbocycles. The van der Waals surface area contributed by atoms with Crippen molar-refractivity contribution < 1.29 is 14.1 Å². The molecule has 0 radical (unpaired) electrons. The molecule has 2 N–H and O–H groups in total. The second-order valence-corrected chi connectivity index (χ2v) is 7.66. The summed E-state index contributed by atoms with van der Waals surface area (Å²) in [5.74, 6) is -0.567. The molecule has 2 heterocycles. The van der Waals surface area contributed by atoms with Gasteiger partial charge in [0.05, 0.1) is 37.6 Å². The van der Waals surface area contributed by atoms with E-state index in [1.165, 1.54) is 11.0 Å². The Morgan fingerprint density at radius 2 is 1.82 bits per heavy atom. The van der Waals surface area contributed by atoms with Gasteiger partial charge in [-0.2, -0.15) is 0 Å². The average molecular weight is 397 g/mol. The summed E-state index contributed by atoms with van der Waals surface area (Å²) in [7, 11) is 0. The standard InChI is InChI=1S/C21H21FN4OS/c22-17-8-4-5-9-18(17)23-20(27)14-25-10-12-26(13-11-25)21-24-19(15-28-21)16-6-2-1-3-7-16/h1-9,15H,10-14H2,(H,23,27)/p+1. The van der Waals surface area contributed by atoms with Gasteiger partial charge in [0.2, 0.25) is 0 Å². The van der Waals surface area contributed by atoms with E-state index in [0.29, 0.717) is 6.54 Å². The summed E-state index contributed by atoms with van der Waals surface area (Å²) in [4.78, 5) is 20.5. The normalized spacial score (nSPS) is 14.8. The van der Waals surface area contributed by atoms with E-state index in [-0.39, 0.29) is 11.6 Å². The summed E-state index contributed by atoms with van der Waals surface area (Å²) in [6.45, 7) is 3.75. The summed E-state index contributed by atoms with van der Waals surface area (Å²) in [5, 5.41) is 5.77. The van der Waals surface area contributed by atoms with Gasteiger partial charge >= 0.3 is 0 Å². The molecule has 144 valence electrons. The van der Waals surface area contributed by atoms with Crippen LogP contribution in [0.5, 0.6) is 0 Å². The Labute approximate surface area is 167 Å². The third-order valence-electron chi connectivity index (χ3n) is 4.86. The van der Waals surface area contributed by atoms with E-state index in [0.717, 1.165) is 42.6 Å². The molecule has 7 heteroatoms. The predicted octanol–water partition coefficient (Wildman–Crippen LogP) is 2.29. The van der Waals surface area contributed by atoms with Gasteiger partial charge in [-0.25, -0.2) is 9.37 Å². The molecule has 1 aliphatic heterocycles. The summed E-state index contributed by atoms with van der Waals surface area (Å²) < 4.78 is 13.7. The number of hydrogen-bond acceptors (Lipinski definition) is 4. The molecule has 1 fully saturated rings. The van der Waals surface area contributed by atoms with Crippen molar-refractivity contribution in [3.63, 3.8) is 0 Å². The van der Waals surface area contributed by atoms with Gasteiger partial charge in [-0.15, -0.1) is 11.3 Å². The van der Waals surface area contributed by atoms with Crippen LogP contribution in [0.15, 0.2) is 60.0 Å². The Morgan fingerprint density at radius 3 is 2.57 bits per heavy atom. The zero-order valence-electron chi connectivity index (χ0n) is 15.4. The minimum Gasteiger partial charge on any atom is -0.337 e. The molecule has 0 unspecified atom stereocenters. The minimum absolute atomic E-state index is 0.158. The highest BCUT2D eigenvalue weighted by Gasteiger charge is 2.24. The molecule has 0 aliphatic carbocycles. The summed E-state index contributed by atoms with van der Waals surface area (Å²) in [5.41, 5.74) is 2.36. The number of piperazine rings is 1. The number of aromatic nitrogens is 1. The van der Waals surface area contributed by atoms with Crippen LogP contribution < -0.4 is 15.1 Å². The Morgan fingerprint density at radius 1 is 1.11 bits per heavy atom. The van der Waals surface area contributed by atoms with Gasteiger partial charge in [-0.05, 0) is 12.1 Å². The topological polar surface area (TPSA) is 49.7 Å². The number of para-hydroxylation sites is 1. The molecule has 28 heavy (non-hydrogen) atoms. The number of nitrogens with one attached hydrogen (secondary N) is 2. The monoisotopic (exact) mass is 397 g/mol. The molecule has 4 rings (SSSR count). The maximum Gasteiger partial charge on any atom is 0.279 e. The molecule has 0 saturated carbocycles. The van der Waals surface area contributed by atoms with Crippen molar-refractivity contribution in [3.8, 4) is 11.3 Å². The average Bonchev–Trinajstić information content (AvgIpc) is 3.21. The fraction of sp³-hybridized carbons (Fsp3) is 0.238. The van der Waals surface area contributed by atoms with Crippen molar-refractivity contribution in [2.75, 3.05) is 42.9 Å². The van der Waals surface area contributed by atoms with Crippen LogP contribution in [0.1, 0.15) is 0 Å². The lowest BCUT2D eigenvalue weighted by atomic mass is 10.2. The van der Waals surface area contributed by atoms with Gasteiger partial charge in [0.25, 0.3) is 5.91 Å². The van der Waals surface area contributed by atoms with Crippen LogP contribution in [0.25, 0.3) is 11.3 Å². The molecule has 1 saturated heterocycles. The van der Waals surface area contributed by atoms with Crippen LogP contribution in [0, 0.1) is 5.82 Å². The van der Waals surface area contributed by atoms with E-state index in [9.17, 15) is 9.18 Å². The summed E-state index contributed by atoms with van der Waals surface area (Å²) in [6.07, 6.45) is 0. The number of rotatable bonds is 5. The van der Waals surface area contributed by atoms with Crippen molar-refractivity contribution in [1.82, 2.24) is 4.98 Å². The Hall–Kier alpha value is -2.77. The maximum absolute atomic E-state index is 13.7. The molecule has 1 aromatic heterocycles. The van der Waals surface area contributed by atoms with Gasteiger partial charge in [-0.3, -0.25) is 4.79 Å². The van der Waals surface area contributed by atoms with Crippen LogP contribution >= 0.6 is 11.3 Å². The smallest absolute Gasteiger partial charge is 0.279 e. The van der Waals surface area contributed by atoms with Crippen LogP contribution in [-0.2, 0) is 4.79 Å².